The summed E-state index contributed by atoms with van der Waals surface area (Å²) in [5.41, 5.74) is 0.820. The summed E-state index contributed by atoms with van der Waals surface area (Å²) in [6.07, 6.45) is -1.20. The molecule has 4 atom stereocenters. The average molecular weight is 407 g/mol. The lowest BCUT2D eigenvalue weighted by Crippen LogP contribution is -2.39. The normalized spacial score (nSPS) is 23.7. The number of methoxy groups -OCH3 is 1. The number of aliphatic hydroxyl groups excluding tert-OH is 1. The summed E-state index contributed by atoms with van der Waals surface area (Å²) < 4.78 is 23.3. The number of nitrogens with zero attached hydrogens (tertiary/aromatic N) is 3. The van der Waals surface area contributed by atoms with Crippen LogP contribution < -0.4 is 4.74 Å². The quantitative estimate of drug-likeness (QED) is 0.389. The fourth-order valence-electron chi connectivity index (χ4n) is 3.16. The number of nitro groups is 1. The van der Waals surface area contributed by atoms with E-state index < -0.39 is 48.0 Å². The van der Waals surface area contributed by atoms with Crippen LogP contribution in [0.4, 0.5) is 5.95 Å². The summed E-state index contributed by atoms with van der Waals surface area (Å²) in [6, 6.07) is 7.16. The van der Waals surface area contributed by atoms with E-state index in [0.717, 1.165) is 10.1 Å². The zero-order chi connectivity index (χ0) is 21.0. The van der Waals surface area contributed by atoms with Crippen LogP contribution in [0.25, 0.3) is 0 Å². The van der Waals surface area contributed by atoms with Crippen molar-refractivity contribution in [2.24, 2.45) is 0 Å². The molecule has 1 aromatic heterocycles. The van der Waals surface area contributed by atoms with Crippen LogP contribution in [0.15, 0.2) is 36.7 Å². The van der Waals surface area contributed by atoms with Crippen molar-refractivity contribution in [2.45, 2.75) is 38.1 Å². The lowest BCUT2D eigenvalue weighted by molar-refractivity contribution is -0.398. The van der Waals surface area contributed by atoms with Crippen LogP contribution in [0.1, 0.15) is 18.7 Å². The summed E-state index contributed by atoms with van der Waals surface area (Å²) in [6.45, 7) is 0.932. The highest BCUT2D eigenvalue weighted by Gasteiger charge is 2.51. The van der Waals surface area contributed by atoms with Crippen LogP contribution in [0.2, 0.25) is 0 Å². The van der Waals surface area contributed by atoms with Crippen LogP contribution in [0.5, 0.6) is 5.75 Å². The third-order valence-corrected chi connectivity index (χ3v) is 4.45. The molecule has 1 saturated heterocycles. The SMILES string of the molecule is COc1ccc(CO[C@H]2[C@H](OC(C)=O)[C@@H](n3ccnc3[N+](=O)[O-])O[C@@H]2CO)cc1. The van der Waals surface area contributed by atoms with E-state index in [1.54, 1.807) is 19.2 Å². The Labute approximate surface area is 165 Å². The van der Waals surface area contributed by atoms with Crippen molar-refractivity contribution < 1.29 is 33.8 Å². The van der Waals surface area contributed by atoms with Crippen molar-refractivity contribution in [2.75, 3.05) is 13.7 Å². The summed E-state index contributed by atoms with van der Waals surface area (Å²) in [5, 5.41) is 21.0. The summed E-state index contributed by atoms with van der Waals surface area (Å²) >= 11 is 0. The second-order valence-corrected chi connectivity index (χ2v) is 6.34. The van der Waals surface area contributed by atoms with Gasteiger partial charge in [0.05, 0.1) is 20.3 Å². The van der Waals surface area contributed by atoms with Crippen LogP contribution in [0, 0.1) is 10.1 Å². The molecule has 0 aliphatic carbocycles. The Kier molecular flexibility index (Phi) is 6.42. The Hall–Kier alpha value is -3.02. The first-order valence-corrected chi connectivity index (χ1v) is 8.80. The lowest BCUT2D eigenvalue weighted by Gasteiger charge is -2.23. The number of esters is 1. The third-order valence-electron chi connectivity index (χ3n) is 4.45. The Morgan fingerprint density at radius 2 is 2.07 bits per heavy atom. The van der Waals surface area contributed by atoms with Crippen LogP contribution >= 0.6 is 0 Å². The van der Waals surface area contributed by atoms with E-state index in [2.05, 4.69) is 4.98 Å². The van der Waals surface area contributed by atoms with Gasteiger partial charge in [-0.25, -0.2) is 0 Å². The van der Waals surface area contributed by atoms with Crippen molar-refractivity contribution in [3.8, 4) is 5.75 Å². The van der Waals surface area contributed by atoms with E-state index in [1.807, 2.05) is 12.1 Å². The number of hydrogen-bond acceptors (Lipinski definition) is 9. The van der Waals surface area contributed by atoms with Crippen LogP contribution in [-0.2, 0) is 25.6 Å². The number of hydrogen-bond donors (Lipinski definition) is 1. The molecular formula is C18H21N3O8. The van der Waals surface area contributed by atoms with Gasteiger partial charge < -0.3 is 34.2 Å². The van der Waals surface area contributed by atoms with Gasteiger partial charge in [0, 0.05) is 6.92 Å². The highest BCUT2D eigenvalue weighted by Crippen LogP contribution is 2.36. The minimum atomic E-state index is -1.07. The topological polar surface area (TPSA) is 135 Å². The molecule has 1 N–H and O–H groups in total. The molecule has 1 fully saturated rings. The first kappa shape index (κ1) is 20.7. The number of imidazole rings is 1. The molecule has 11 heteroatoms. The lowest BCUT2D eigenvalue weighted by atomic mass is 10.1. The standard InChI is InChI=1S/C18H21N3O8/c1-11(23)28-16-15(27-10-12-3-5-13(26-2)6-4-12)14(9-22)29-17(16)20-8-7-19-18(20)21(24)25/h3-8,14-17,22H,9-10H2,1-2H3/t14-,15-,16+,17+/m1/s1. The number of rotatable bonds is 8. The molecule has 11 nitrogen and oxygen atoms in total. The highest BCUT2D eigenvalue weighted by atomic mass is 16.6. The maximum absolute atomic E-state index is 11.7. The van der Waals surface area contributed by atoms with Crippen LogP contribution in [-0.4, -0.2) is 57.6 Å². The third kappa shape index (κ3) is 4.53. The van der Waals surface area contributed by atoms with Gasteiger partial charge in [-0.05, 0) is 22.6 Å². The van der Waals surface area contributed by atoms with E-state index in [4.69, 9.17) is 18.9 Å². The smallest absolute Gasteiger partial charge is 0.436 e. The van der Waals surface area contributed by atoms with Gasteiger partial charge in [-0.2, -0.15) is 4.57 Å². The molecule has 1 aliphatic heterocycles. The molecule has 1 aliphatic rings. The van der Waals surface area contributed by atoms with E-state index in [9.17, 15) is 20.0 Å². The minimum absolute atomic E-state index is 0.144. The molecular weight excluding hydrogens is 386 g/mol. The molecule has 3 rings (SSSR count). The fourth-order valence-corrected chi connectivity index (χ4v) is 3.16. The van der Waals surface area contributed by atoms with Gasteiger partial charge in [-0.15, -0.1) is 0 Å². The predicted molar refractivity (Wildman–Crippen MR) is 97.0 cm³/mol. The minimum Gasteiger partial charge on any atom is -0.497 e. The molecule has 2 aromatic rings. The molecule has 0 radical (unpaired) electrons. The molecule has 1 aromatic carbocycles. The van der Waals surface area contributed by atoms with Crippen molar-refractivity contribution in [1.29, 1.82) is 0 Å². The molecule has 0 unspecified atom stereocenters. The van der Waals surface area contributed by atoms with E-state index in [1.165, 1.54) is 19.3 Å². The van der Waals surface area contributed by atoms with Gasteiger partial charge in [-0.1, -0.05) is 17.1 Å². The van der Waals surface area contributed by atoms with Crippen molar-refractivity contribution in [1.82, 2.24) is 9.55 Å². The number of ether oxygens (including phenoxy) is 4. The van der Waals surface area contributed by atoms with E-state index in [0.29, 0.717) is 5.75 Å². The molecule has 2 heterocycles. The largest absolute Gasteiger partial charge is 0.497 e. The number of benzene rings is 1. The molecule has 156 valence electrons. The molecule has 0 spiro atoms. The Bertz CT molecular complexity index is 853. The van der Waals surface area contributed by atoms with Gasteiger partial charge in [0.15, 0.2) is 6.10 Å². The second-order valence-electron chi connectivity index (χ2n) is 6.34. The summed E-state index contributed by atoms with van der Waals surface area (Å²) in [5.74, 6) is -0.390. The number of carbonyl (C=O) groups excluding carboxylic acids is 1. The molecule has 0 amide bonds. The molecule has 0 bridgehead atoms. The second kappa shape index (κ2) is 8.99. The fraction of sp³-hybridized carbons (Fsp3) is 0.444. The van der Waals surface area contributed by atoms with Gasteiger partial charge in [0.2, 0.25) is 6.23 Å². The average Bonchev–Trinajstić information content (AvgIpc) is 3.31. The van der Waals surface area contributed by atoms with E-state index in [-0.39, 0.29) is 6.61 Å². The Morgan fingerprint density at radius 3 is 2.66 bits per heavy atom. The predicted octanol–water partition coefficient (Wildman–Crippen LogP) is 1.21. The first-order valence-electron chi connectivity index (χ1n) is 8.80. The van der Waals surface area contributed by atoms with Gasteiger partial charge >= 0.3 is 11.9 Å². The monoisotopic (exact) mass is 407 g/mol. The number of carbonyl (C=O) groups is 1. The first-order chi connectivity index (χ1) is 13.9. The summed E-state index contributed by atoms with van der Waals surface area (Å²) in [4.78, 5) is 25.9. The molecule has 0 saturated carbocycles. The van der Waals surface area contributed by atoms with Gasteiger partial charge in [0.25, 0.3) is 0 Å². The van der Waals surface area contributed by atoms with Crippen molar-refractivity contribution >= 4 is 11.9 Å². The maximum atomic E-state index is 11.7. The maximum Gasteiger partial charge on any atom is 0.436 e. The van der Waals surface area contributed by atoms with Gasteiger partial charge in [0.1, 0.15) is 30.4 Å². The number of aromatic nitrogens is 2. The number of aliphatic hydroxyl groups is 1. The van der Waals surface area contributed by atoms with Crippen molar-refractivity contribution in [3.05, 3.63) is 52.3 Å². The van der Waals surface area contributed by atoms with Gasteiger partial charge in [-0.3, -0.25) is 4.79 Å². The Morgan fingerprint density at radius 1 is 1.34 bits per heavy atom. The van der Waals surface area contributed by atoms with Crippen molar-refractivity contribution in [3.63, 3.8) is 0 Å². The Balaban J connectivity index is 1.83. The zero-order valence-corrected chi connectivity index (χ0v) is 15.8. The molecule has 29 heavy (non-hydrogen) atoms. The van der Waals surface area contributed by atoms with Crippen LogP contribution in [0.3, 0.4) is 0 Å². The zero-order valence-electron chi connectivity index (χ0n) is 15.8. The summed E-state index contributed by atoms with van der Waals surface area (Å²) in [7, 11) is 1.56. The highest BCUT2D eigenvalue weighted by molar-refractivity contribution is 5.66. The van der Waals surface area contributed by atoms with E-state index >= 15 is 0 Å².